The van der Waals surface area contributed by atoms with Crippen LogP contribution in [0.3, 0.4) is 0 Å². The quantitative estimate of drug-likeness (QED) is 0.755. The van der Waals surface area contributed by atoms with Gasteiger partial charge in [-0.1, -0.05) is 13.3 Å². The molecule has 0 spiro atoms. The number of unbranched alkanes of at least 4 members (excludes halogenated alkanes) is 1. The Morgan fingerprint density at radius 1 is 1.42 bits per heavy atom. The topological polar surface area (TPSA) is 56.8 Å². The summed E-state index contributed by atoms with van der Waals surface area (Å²) >= 11 is 0. The third-order valence-electron chi connectivity index (χ3n) is 2.84. The molecule has 1 N–H and O–H groups in total. The molecule has 0 aromatic heterocycles. The van der Waals surface area contributed by atoms with Gasteiger partial charge in [-0.2, -0.15) is 0 Å². The summed E-state index contributed by atoms with van der Waals surface area (Å²) < 4.78 is 16.4. The molecule has 1 rings (SSSR count). The molecule has 0 radical (unpaired) electrons. The molecular weight excluding hydrogens is 246 g/mol. The molecule has 1 unspecified atom stereocenters. The van der Waals surface area contributed by atoms with Crippen LogP contribution < -0.4 is 5.32 Å². The molecule has 5 heteroatoms. The third-order valence-corrected chi connectivity index (χ3v) is 2.84. The third kappa shape index (κ3) is 6.78. The maximum Gasteiger partial charge on any atom is 0.407 e. The Hall–Kier alpha value is -0.810. The minimum absolute atomic E-state index is 0.0172. The van der Waals surface area contributed by atoms with E-state index in [-0.39, 0.29) is 18.2 Å². The highest BCUT2D eigenvalue weighted by atomic mass is 16.6. The molecule has 1 aliphatic heterocycles. The van der Waals surface area contributed by atoms with Crippen LogP contribution in [0, 0.1) is 0 Å². The lowest BCUT2D eigenvalue weighted by Crippen LogP contribution is -2.44. The van der Waals surface area contributed by atoms with E-state index in [1.54, 1.807) is 0 Å². The minimum Gasteiger partial charge on any atom is -0.444 e. The van der Waals surface area contributed by atoms with Crippen molar-refractivity contribution in [1.29, 1.82) is 0 Å². The molecule has 0 saturated carbocycles. The van der Waals surface area contributed by atoms with Crippen molar-refractivity contribution in [3.63, 3.8) is 0 Å². The van der Waals surface area contributed by atoms with E-state index in [2.05, 4.69) is 12.2 Å². The molecule has 5 nitrogen and oxygen atoms in total. The maximum absolute atomic E-state index is 11.7. The van der Waals surface area contributed by atoms with E-state index in [0.29, 0.717) is 13.2 Å². The molecule has 1 aliphatic rings. The molecule has 112 valence electrons. The summed E-state index contributed by atoms with van der Waals surface area (Å²) in [5.74, 6) is 0. The van der Waals surface area contributed by atoms with Crippen LogP contribution in [0.2, 0.25) is 0 Å². The van der Waals surface area contributed by atoms with Crippen molar-refractivity contribution in [3.8, 4) is 0 Å². The van der Waals surface area contributed by atoms with Crippen molar-refractivity contribution in [2.24, 2.45) is 0 Å². The Kier molecular flexibility index (Phi) is 6.58. The standard InChI is InChI=1S/C14H27NO4/c1-5-6-8-17-10-12-11(7-9-18-12)15-13(16)19-14(2,3)4/h11-12H,5-10H2,1-4H3,(H,15,16)/t11-,12?/m1/s1. The van der Waals surface area contributed by atoms with Crippen LogP contribution >= 0.6 is 0 Å². The first-order chi connectivity index (χ1) is 8.92. The highest BCUT2D eigenvalue weighted by Crippen LogP contribution is 2.15. The van der Waals surface area contributed by atoms with Gasteiger partial charge in [0.25, 0.3) is 0 Å². The van der Waals surface area contributed by atoms with Crippen molar-refractivity contribution in [2.75, 3.05) is 19.8 Å². The normalized spacial score (nSPS) is 23.4. The average Bonchev–Trinajstić information content (AvgIpc) is 2.69. The van der Waals surface area contributed by atoms with Gasteiger partial charge < -0.3 is 19.5 Å². The van der Waals surface area contributed by atoms with E-state index in [1.165, 1.54) is 0 Å². The lowest BCUT2D eigenvalue weighted by molar-refractivity contribution is 0.00384. The number of carbonyl (C=O) groups is 1. The second-order valence-corrected chi connectivity index (χ2v) is 5.88. The average molecular weight is 273 g/mol. The van der Waals surface area contributed by atoms with Crippen LogP contribution in [-0.4, -0.2) is 43.7 Å². The maximum atomic E-state index is 11.7. The van der Waals surface area contributed by atoms with Gasteiger partial charge in [0, 0.05) is 13.2 Å². The molecule has 1 fully saturated rings. The smallest absolute Gasteiger partial charge is 0.407 e. The Balaban J connectivity index is 2.29. The second-order valence-electron chi connectivity index (χ2n) is 5.88. The molecule has 19 heavy (non-hydrogen) atoms. The fourth-order valence-electron chi connectivity index (χ4n) is 1.88. The molecule has 1 heterocycles. The van der Waals surface area contributed by atoms with Gasteiger partial charge in [-0.15, -0.1) is 0 Å². The van der Waals surface area contributed by atoms with Gasteiger partial charge in [0.2, 0.25) is 0 Å². The van der Waals surface area contributed by atoms with E-state index < -0.39 is 5.60 Å². The number of ether oxygens (including phenoxy) is 3. The summed E-state index contributed by atoms with van der Waals surface area (Å²) in [6, 6.07) is -0.0172. The number of hydrogen-bond acceptors (Lipinski definition) is 4. The molecule has 0 aromatic rings. The summed E-state index contributed by atoms with van der Waals surface area (Å²) in [6.45, 7) is 9.61. The molecule has 0 aliphatic carbocycles. The van der Waals surface area contributed by atoms with E-state index in [1.807, 2.05) is 20.8 Å². The number of amides is 1. The number of carbonyl (C=O) groups excluding carboxylic acids is 1. The lowest BCUT2D eigenvalue weighted by Gasteiger charge is -2.24. The molecule has 0 bridgehead atoms. The fraction of sp³-hybridized carbons (Fsp3) is 0.929. The van der Waals surface area contributed by atoms with Gasteiger partial charge in [0.05, 0.1) is 12.6 Å². The van der Waals surface area contributed by atoms with E-state index in [4.69, 9.17) is 14.2 Å². The van der Waals surface area contributed by atoms with E-state index in [9.17, 15) is 4.79 Å². The van der Waals surface area contributed by atoms with Gasteiger partial charge in [-0.25, -0.2) is 4.79 Å². The first-order valence-electron chi connectivity index (χ1n) is 7.11. The van der Waals surface area contributed by atoms with Crippen LogP contribution in [0.15, 0.2) is 0 Å². The monoisotopic (exact) mass is 273 g/mol. The van der Waals surface area contributed by atoms with E-state index >= 15 is 0 Å². The Morgan fingerprint density at radius 2 is 2.16 bits per heavy atom. The van der Waals surface area contributed by atoms with Crippen LogP contribution in [0.25, 0.3) is 0 Å². The van der Waals surface area contributed by atoms with Gasteiger partial charge in [0.15, 0.2) is 0 Å². The van der Waals surface area contributed by atoms with Gasteiger partial charge in [-0.05, 0) is 33.6 Å². The zero-order chi connectivity index (χ0) is 14.3. The van der Waals surface area contributed by atoms with Crippen LogP contribution in [-0.2, 0) is 14.2 Å². The SMILES string of the molecule is CCCCOCC1OCC[C@H]1NC(=O)OC(C)(C)C. The second kappa shape index (κ2) is 7.70. The number of hydrogen-bond donors (Lipinski definition) is 1. The molecule has 1 saturated heterocycles. The molecule has 1 amide bonds. The summed E-state index contributed by atoms with van der Waals surface area (Å²) in [5.41, 5.74) is -0.476. The van der Waals surface area contributed by atoms with Crippen molar-refractivity contribution < 1.29 is 19.0 Å². The van der Waals surface area contributed by atoms with Gasteiger partial charge >= 0.3 is 6.09 Å². The van der Waals surface area contributed by atoms with Gasteiger partial charge in [-0.3, -0.25) is 0 Å². The molecular formula is C14H27NO4. The van der Waals surface area contributed by atoms with Crippen molar-refractivity contribution in [2.45, 2.75) is 64.7 Å². The predicted octanol–water partition coefficient (Wildman–Crippen LogP) is 2.49. The zero-order valence-corrected chi connectivity index (χ0v) is 12.5. The molecule has 2 atom stereocenters. The van der Waals surface area contributed by atoms with E-state index in [0.717, 1.165) is 25.9 Å². The first kappa shape index (κ1) is 16.2. The lowest BCUT2D eigenvalue weighted by atomic mass is 10.1. The summed E-state index contributed by atoms with van der Waals surface area (Å²) in [7, 11) is 0. The highest BCUT2D eigenvalue weighted by molar-refractivity contribution is 5.68. The van der Waals surface area contributed by atoms with Gasteiger partial charge in [0.1, 0.15) is 11.7 Å². The molecule has 0 aromatic carbocycles. The number of rotatable bonds is 6. The van der Waals surface area contributed by atoms with Crippen molar-refractivity contribution in [1.82, 2.24) is 5.32 Å². The summed E-state index contributed by atoms with van der Waals surface area (Å²) in [4.78, 5) is 11.7. The Bertz CT molecular complexity index is 275. The highest BCUT2D eigenvalue weighted by Gasteiger charge is 2.31. The minimum atomic E-state index is -0.476. The van der Waals surface area contributed by atoms with Crippen molar-refractivity contribution in [3.05, 3.63) is 0 Å². The first-order valence-corrected chi connectivity index (χ1v) is 7.11. The largest absolute Gasteiger partial charge is 0.444 e. The Labute approximate surface area is 116 Å². The predicted molar refractivity (Wildman–Crippen MR) is 73.2 cm³/mol. The van der Waals surface area contributed by atoms with Crippen LogP contribution in [0.4, 0.5) is 4.79 Å². The zero-order valence-electron chi connectivity index (χ0n) is 12.5. The summed E-state index contributed by atoms with van der Waals surface area (Å²) in [5, 5.41) is 2.86. The number of nitrogens with one attached hydrogen (secondary N) is 1. The Morgan fingerprint density at radius 3 is 2.79 bits per heavy atom. The van der Waals surface area contributed by atoms with Crippen molar-refractivity contribution >= 4 is 6.09 Å². The fourth-order valence-corrected chi connectivity index (χ4v) is 1.88. The van der Waals surface area contributed by atoms with Crippen LogP contribution in [0.1, 0.15) is 47.0 Å². The summed E-state index contributed by atoms with van der Waals surface area (Å²) in [6.07, 6.45) is 2.52. The van der Waals surface area contributed by atoms with Crippen LogP contribution in [0.5, 0.6) is 0 Å². The number of alkyl carbamates (subject to hydrolysis) is 1.